The van der Waals surface area contributed by atoms with Crippen LogP contribution < -0.4 is 5.32 Å². The van der Waals surface area contributed by atoms with Crippen molar-refractivity contribution in [3.05, 3.63) is 63.2 Å². The van der Waals surface area contributed by atoms with Gasteiger partial charge in [-0.2, -0.15) is 4.31 Å². The minimum Gasteiger partial charge on any atom is -0.454 e. The van der Waals surface area contributed by atoms with Gasteiger partial charge in [0.05, 0.1) is 9.82 Å². The van der Waals surface area contributed by atoms with Gasteiger partial charge in [-0.1, -0.05) is 17.7 Å². The van der Waals surface area contributed by atoms with Gasteiger partial charge in [0.1, 0.15) is 6.04 Å². The van der Waals surface area contributed by atoms with Gasteiger partial charge in [0.25, 0.3) is 11.6 Å². The quantitative estimate of drug-likeness (QED) is 0.364. The maximum atomic E-state index is 12.9. The second-order valence-electron chi connectivity index (χ2n) is 7.14. The lowest BCUT2D eigenvalue weighted by atomic mass is 10.2. The van der Waals surface area contributed by atoms with Crippen LogP contribution in [0.25, 0.3) is 0 Å². The number of esters is 1. The van der Waals surface area contributed by atoms with Gasteiger partial charge in [0.2, 0.25) is 10.0 Å². The third-order valence-corrected chi connectivity index (χ3v) is 7.11. The van der Waals surface area contributed by atoms with Gasteiger partial charge in [-0.05, 0) is 50.1 Å². The molecule has 3 rings (SSSR count). The van der Waals surface area contributed by atoms with E-state index in [1.807, 2.05) is 0 Å². The third-order valence-electron chi connectivity index (χ3n) is 4.93. The molecule has 0 radical (unpaired) electrons. The van der Waals surface area contributed by atoms with Crippen molar-refractivity contribution in [3.63, 3.8) is 0 Å². The number of nitro groups is 1. The van der Waals surface area contributed by atoms with Gasteiger partial charge >= 0.3 is 5.97 Å². The van der Waals surface area contributed by atoms with Crippen molar-refractivity contribution in [1.82, 2.24) is 4.31 Å². The molecule has 1 unspecified atom stereocenters. The average molecular weight is 482 g/mol. The number of nitro benzene ring substituents is 1. The molecule has 2 aromatic carbocycles. The van der Waals surface area contributed by atoms with Crippen LogP contribution in [0.4, 0.5) is 11.4 Å². The van der Waals surface area contributed by atoms with Gasteiger partial charge < -0.3 is 10.1 Å². The first-order valence-corrected chi connectivity index (χ1v) is 11.4. The zero-order chi connectivity index (χ0) is 23.5. The second kappa shape index (κ2) is 9.63. The van der Waals surface area contributed by atoms with E-state index in [-0.39, 0.29) is 29.2 Å². The molecule has 0 bridgehead atoms. The standard InChI is InChI=1S/C20H20ClN3O7S/c1-13-4-7-15(11-18(13)24(27)28)22-19(25)12-31-20(26)17-3-2-10-23(17)32(29,30)16-8-5-14(21)6-9-16/h4-9,11,17H,2-3,10,12H2,1H3,(H,22,25). The van der Waals surface area contributed by atoms with E-state index in [0.717, 1.165) is 4.31 Å². The van der Waals surface area contributed by atoms with Gasteiger partial charge in [0.15, 0.2) is 6.61 Å². The van der Waals surface area contributed by atoms with Crippen LogP contribution in [0, 0.1) is 17.0 Å². The lowest BCUT2D eigenvalue weighted by molar-refractivity contribution is -0.385. The fourth-order valence-electron chi connectivity index (χ4n) is 3.32. The number of hydrogen-bond acceptors (Lipinski definition) is 7. The summed E-state index contributed by atoms with van der Waals surface area (Å²) in [6, 6.07) is 8.71. The Bertz CT molecular complexity index is 1150. The van der Waals surface area contributed by atoms with Crippen molar-refractivity contribution < 1.29 is 27.7 Å². The number of amides is 1. The Hall–Kier alpha value is -3.02. The summed E-state index contributed by atoms with van der Waals surface area (Å²) in [7, 11) is -3.94. The molecular weight excluding hydrogens is 462 g/mol. The number of hydrogen-bond donors (Lipinski definition) is 1. The van der Waals surface area contributed by atoms with Crippen LogP contribution in [0.2, 0.25) is 5.02 Å². The highest BCUT2D eigenvalue weighted by Gasteiger charge is 2.40. The van der Waals surface area contributed by atoms with Crippen LogP contribution >= 0.6 is 11.6 Å². The van der Waals surface area contributed by atoms with E-state index >= 15 is 0 Å². The molecule has 1 atom stereocenters. The highest BCUT2D eigenvalue weighted by Crippen LogP contribution is 2.28. The Morgan fingerprint density at radius 1 is 1.25 bits per heavy atom. The van der Waals surface area contributed by atoms with Crippen LogP contribution in [0.15, 0.2) is 47.4 Å². The topological polar surface area (TPSA) is 136 Å². The molecule has 2 aromatic rings. The molecule has 0 saturated carbocycles. The molecule has 170 valence electrons. The molecular formula is C20H20ClN3O7S. The summed E-state index contributed by atoms with van der Waals surface area (Å²) in [5.74, 6) is -1.55. The molecule has 0 aliphatic carbocycles. The monoisotopic (exact) mass is 481 g/mol. The molecule has 1 saturated heterocycles. The first-order valence-electron chi connectivity index (χ1n) is 9.58. The van der Waals surface area contributed by atoms with Gasteiger partial charge in [0, 0.05) is 28.9 Å². The number of benzene rings is 2. The van der Waals surface area contributed by atoms with Crippen molar-refractivity contribution in [1.29, 1.82) is 0 Å². The van der Waals surface area contributed by atoms with E-state index in [0.29, 0.717) is 17.0 Å². The molecule has 0 spiro atoms. The smallest absolute Gasteiger partial charge is 0.324 e. The zero-order valence-corrected chi connectivity index (χ0v) is 18.6. The van der Waals surface area contributed by atoms with Crippen molar-refractivity contribution in [2.75, 3.05) is 18.5 Å². The molecule has 32 heavy (non-hydrogen) atoms. The number of nitrogens with zero attached hydrogens (tertiary/aromatic N) is 2. The summed E-state index contributed by atoms with van der Waals surface area (Å²) in [6.45, 7) is 1.05. The molecule has 0 aromatic heterocycles. The molecule has 1 aliphatic rings. The summed E-state index contributed by atoms with van der Waals surface area (Å²) in [5, 5.41) is 13.8. The Labute approximate surface area is 189 Å². The summed E-state index contributed by atoms with van der Waals surface area (Å²) < 4.78 is 31.9. The van der Waals surface area contributed by atoms with Crippen LogP contribution in [0.5, 0.6) is 0 Å². The highest BCUT2D eigenvalue weighted by atomic mass is 35.5. The zero-order valence-electron chi connectivity index (χ0n) is 17.0. The van der Waals surface area contributed by atoms with Gasteiger partial charge in [-0.15, -0.1) is 0 Å². The molecule has 12 heteroatoms. The number of halogens is 1. The lowest BCUT2D eigenvalue weighted by Gasteiger charge is -2.22. The maximum absolute atomic E-state index is 12.9. The SMILES string of the molecule is Cc1ccc(NC(=O)COC(=O)C2CCCN2S(=O)(=O)c2ccc(Cl)cc2)cc1[N+](=O)[O-]. The van der Waals surface area contributed by atoms with E-state index < -0.39 is 39.5 Å². The summed E-state index contributed by atoms with van der Waals surface area (Å²) in [6.07, 6.45) is 0.725. The van der Waals surface area contributed by atoms with Gasteiger partial charge in [-0.25, -0.2) is 8.42 Å². The van der Waals surface area contributed by atoms with E-state index in [2.05, 4.69) is 5.32 Å². The lowest BCUT2D eigenvalue weighted by Crippen LogP contribution is -2.42. The number of carbonyl (C=O) groups is 2. The Morgan fingerprint density at radius 2 is 1.94 bits per heavy atom. The van der Waals surface area contributed by atoms with Crippen LogP contribution in [-0.2, 0) is 24.3 Å². The Balaban J connectivity index is 1.63. The molecule has 10 nitrogen and oxygen atoms in total. The predicted octanol–water partition coefficient (Wildman–Crippen LogP) is 2.89. The number of carbonyl (C=O) groups excluding carboxylic acids is 2. The Morgan fingerprint density at radius 3 is 2.59 bits per heavy atom. The van der Waals surface area contributed by atoms with Crippen molar-refractivity contribution in [2.24, 2.45) is 0 Å². The maximum Gasteiger partial charge on any atom is 0.324 e. The van der Waals surface area contributed by atoms with E-state index in [1.165, 1.54) is 42.5 Å². The van der Waals surface area contributed by atoms with Crippen LogP contribution in [-0.4, -0.2) is 48.7 Å². The molecule has 1 aliphatic heterocycles. The largest absolute Gasteiger partial charge is 0.454 e. The number of nitrogens with one attached hydrogen (secondary N) is 1. The number of sulfonamides is 1. The van der Waals surface area contributed by atoms with Crippen LogP contribution in [0.3, 0.4) is 0 Å². The van der Waals surface area contributed by atoms with Crippen molar-refractivity contribution in [3.8, 4) is 0 Å². The Kier molecular flexibility index (Phi) is 7.12. The van der Waals surface area contributed by atoms with E-state index in [1.54, 1.807) is 6.92 Å². The second-order valence-corrected chi connectivity index (χ2v) is 9.47. The first-order chi connectivity index (χ1) is 15.1. The van der Waals surface area contributed by atoms with Crippen molar-refractivity contribution >= 4 is 44.9 Å². The normalized spacial score (nSPS) is 16.5. The third kappa shape index (κ3) is 5.23. The fourth-order valence-corrected chi connectivity index (χ4v) is 5.09. The summed E-state index contributed by atoms with van der Waals surface area (Å²) in [5.41, 5.74) is 0.451. The first kappa shape index (κ1) is 23.6. The highest BCUT2D eigenvalue weighted by molar-refractivity contribution is 7.89. The molecule has 1 heterocycles. The number of aryl methyl sites for hydroxylation is 1. The van der Waals surface area contributed by atoms with E-state index in [4.69, 9.17) is 16.3 Å². The fraction of sp³-hybridized carbons (Fsp3) is 0.300. The van der Waals surface area contributed by atoms with Crippen LogP contribution in [0.1, 0.15) is 18.4 Å². The van der Waals surface area contributed by atoms with E-state index in [9.17, 15) is 28.1 Å². The van der Waals surface area contributed by atoms with Crippen molar-refractivity contribution in [2.45, 2.75) is 30.7 Å². The predicted molar refractivity (Wildman–Crippen MR) is 116 cm³/mol. The average Bonchev–Trinajstić information content (AvgIpc) is 3.24. The summed E-state index contributed by atoms with van der Waals surface area (Å²) >= 11 is 5.81. The number of anilines is 1. The minimum absolute atomic E-state index is 0.000286. The number of rotatable bonds is 7. The minimum atomic E-state index is -3.94. The molecule has 1 N–H and O–H groups in total. The number of ether oxygens (including phenoxy) is 1. The molecule has 1 amide bonds. The summed E-state index contributed by atoms with van der Waals surface area (Å²) in [4.78, 5) is 35.1. The molecule has 1 fully saturated rings. The van der Waals surface area contributed by atoms with Gasteiger partial charge in [-0.3, -0.25) is 19.7 Å².